The van der Waals surface area contributed by atoms with E-state index in [1.165, 1.54) is 18.3 Å². The normalized spacial score (nSPS) is 12.0. The molecule has 0 saturated carbocycles. The Bertz CT molecular complexity index is 578. The third kappa shape index (κ3) is 2.57. The number of hydrogen-bond donors (Lipinski definition) is 0. The van der Waals surface area contributed by atoms with E-state index < -0.39 is 13.6 Å². The van der Waals surface area contributed by atoms with E-state index in [0.717, 1.165) is 0 Å². The fourth-order valence-electron chi connectivity index (χ4n) is 3.28. The molecule has 0 saturated heterocycles. The standard InChI is InChI=1S/C20H21As/c1-2-21(18-12-6-3-7-13-18,19-14-8-4-9-15-19)20-16-10-5-11-17-20/h3-17,21H,2H2,1H3. The van der Waals surface area contributed by atoms with Crippen LogP contribution in [0.1, 0.15) is 6.92 Å². The summed E-state index contributed by atoms with van der Waals surface area (Å²) in [6.45, 7) is 2.35. The molecule has 1 heteroatoms. The van der Waals surface area contributed by atoms with Crippen molar-refractivity contribution in [1.29, 1.82) is 0 Å². The van der Waals surface area contributed by atoms with Crippen LogP contribution in [0.5, 0.6) is 0 Å². The summed E-state index contributed by atoms with van der Waals surface area (Å²) in [6, 6.07) is 33.3. The summed E-state index contributed by atoms with van der Waals surface area (Å²) in [7, 11) is 0. The quantitative estimate of drug-likeness (QED) is 0.643. The molecule has 106 valence electrons. The van der Waals surface area contributed by atoms with Gasteiger partial charge in [0.25, 0.3) is 0 Å². The van der Waals surface area contributed by atoms with Crippen LogP contribution in [0.25, 0.3) is 0 Å². The van der Waals surface area contributed by atoms with Crippen LogP contribution in [0.4, 0.5) is 0 Å². The Morgan fingerprint density at radius 1 is 0.524 bits per heavy atom. The number of rotatable bonds is 4. The van der Waals surface area contributed by atoms with E-state index in [0.29, 0.717) is 0 Å². The fourth-order valence-corrected chi connectivity index (χ4v) is 12.7. The van der Waals surface area contributed by atoms with E-state index >= 15 is 0 Å². The molecular weight excluding hydrogens is 315 g/mol. The second-order valence-electron chi connectivity index (χ2n) is 5.36. The molecule has 0 nitrogen and oxygen atoms in total. The summed E-state index contributed by atoms with van der Waals surface area (Å²) in [6.07, 6.45) is 0. The number of hydrogen-bond acceptors (Lipinski definition) is 0. The van der Waals surface area contributed by atoms with Gasteiger partial charge in [-0.05, 0) is 0 Å². The molecule has 0 aliphatic heterocycles. The van der Waals surface area contributed by atoms with Gasteiger partial charge in [-0.3, -0.25) is 0 Å². The molecule has 0 aliphatic rings. The maximum atomic E-state index is 2.35. The fraction of sp³-hybridized carbons (Fsp3) is 0.100. The average molecular weight is 336 g/mol. The zero-order chi connectivity index (χ0) is 14.5. The molecule has 0 fully saturated rings. The minimum absolute atomic E-state index is 1.22. The SMILES string of the molecule is CC[AsH](c1ccccc1)(c1ccccc1)c1ccccc1. The van der Waals surface area contributed by atoms with Gasteiger partial charge in [-0.25, -0.2) is 0 Å². The third-order valence-corrected chi connectivity index (χ3v) is 14.9. The van der Waals surface area contributed by atoms with Crippen LogP contribution in [0.2, 0.25) is 5.21 Å². The van der Waals surface area contributed by atoms with Gasteiger partial charge in [0.1, 0.15) is 0 Å². The molecule has 21 heavy (non-hydrogen) atoms. The zero-order valence-corrected chi connectivity index (χ0v) is 14.5. The molecule has 0 aromatic heterocycles. The first-order valence-electron chi connectivity index (χ1n) is 7.54. The molecule has 0 radical (unpaired) electrons. The molecule has 0 atom stereocenters. The van der Waals surface area contributed by atoms with Gasteiger partial charge in [0.2, 0.25) is 0 Å². The van der Waals surface area contributed by atoms with E-state index in [2.05, 4.69) is 97.9 Å². The Hall–Kier alpha value is -1.78. The van der Waals surface area contributed by atoms with Crippen molar-refractivity contribution in [2.24, 2.45) is 0 Å². The third-order valence-electron chi connectivity index (χ3n) is 4.33. The topological polar surface area (TPSA) is 0 Å². The minimum atomic E-state index is -2.53. The van der Waals surface area contributed by atoms with Crippen molar-refractivity contribution in [3.05, 3.63) is 91.0 Å². The molecule has 3 aromatic rings. The molecule has 0 unspecified atom stereocenters. The van der Waals surface area contributed by atoms with E-state index in [-0.39, 0.29) is 0 Å². The molecule has 0 heterocycles. The van der Waals surface area contributed by atoms with E-state index in [1.54, 1.807) is 0 Å². The van der Waals surface area contributed by atoms with Crippen molar-refractivity contribution in [2.45, 2.75) is 12.1 Å². The summed E-state index contributed by atoms with van der Waals surface area (Å²) >= 11 is -2.53. The van der Waals surface area contributed by atoms with Crippen LogP contribution < -0.4 is 13.1 Å². The first kappa shape index (κ1) is 14.2. The van der Waals surface area contributed by atoms with Crippen LogP contribution in [0.15, 0.2) is 91.0 Å². The van der Waals surface area contributed by atoms with Crippen LogP contribution >= 0.6 is 0 Å². The van der Waals surface area contributed by atoms with Crippen molar-refractivity contribution >= 4 is 26.6 Å². The predicted molar refractivity (Wildman–Crippen MR) is 95.9 cm³/mol. The Labute approximate surface area is 129 Å². The zero-order valence-electron chi connectivity index (χ0n) is 12.4. The van der Waals surface area contributed by atoms with Crippen LogP contribution in [0, 0.1) is 0 Å². The molecule has 0 spiro atoms. The Balaban J connectivity index is 2.29. The van der Waals surface area contributed by atoms with Gasteiger partial charge < -0.3 is 0 Å². The maximum absolute atomic E-state index is 2.53. The molecule has 0 aliphatic carbocycles. The first-order valence-corrected chi connectivity index (χ1v) is 12.2. The van der Waals surface area contributed by atoms with Gasteiger partial charge >= 0.3 is 130 Å². The van der Waals surface area contributed by atoms with E-state index in [4.69, 9.17) is 0 Å². The van der Waals surface area contributed by atoms with Gasteiger partial charge in [-0.2, -0.15) is 0 Å². The molecule has 0 N–H and O–H groups in total. The van der Waals surface area contributed by atoms with Gasteiger partial charge in [0.05, 0.1) is 0 Å². The van der Waals surface area contributed by atoms with Crippen molar-refractivity contribution < 1.29 is 0 Å². The molecular formula is C20H21As. The van der Waals surface area contributed by atoms with Crippen LogP contribution in [0.3, 0.4) is 0 Å². The number of benzene rings is 3. The van der Waals surface area contributed by atoms with Crippen molar-refractivity contribution in [1.82, 2.24) is 0 Å². The average Bonchev–Trinajstić information content (AvgIpc) is 2.59. The van der Waals surface area contributed by atoms with Crippen molar-refractivity contribution in [3.8, 4) is 0 Å². The van der Waals surface area contributed by atoms with Crippen LogP contribution in [-0.4, -0.2) is 13.6 Å². The Kier molecular flexibility index (Phi) is 4.27. The first-order chi connectivity index (χ1) is 10.4. The summed E-state index contributed by atoms with van der Waals surface area (Å²) < 4.78 is 4.62. The summed E-state index contributed by atoms with van der Waals surface area (Å²) in [5.41, 5.74) is 0. The van der Waals surface area contributed by atoms with E-state index in [9.17, 15) is 0 Å². The van der Waals surface area contributed by atoms with Crippen molar-refractivity contribution in [3.63, 3.8) is 0 Å². The molecule has 0 bridgehead atoms. The monoisotopic (exact) mass is 336 g/mol. The van der Waals surface area contributed by atoms with Crippen LogP contribution in [-0.2, 0) is 0 Å². The molecule has 3 rings (SSSR count). The van der Waals surface area contributed by atoms with Gasteiger partial charge in [0, 0.05) is 0 Å². The Morgan fingerprint density at radius 2 is 0.810 bits per heavy atom. The molecule has 0 amide bonds. The summed E-state index contributed by atoms with van der Waals surface area (Å²) in [4.78, 5) is 0. The van der Waals surface area contributed by atoms with Gasteiger partial charge in [-0.1, -0.05) is 0 Å². The second-order valence-corrected chi connectivity index (χ2v) is 14.3. The van der Waals surface area contributed by atoms with Crippen molar-refractivity contribution in [2.75, 3.05) is 0 Å². The van der Waals surface area contributed by atoms with E-state index in [1.807, 2.05) is 0 Å². The molecule has 3 aromatic carbocycles. The Morgan fingerprint density at radius 3 is 1.05 bits per heavy atom. The van der Waals surface area contributed by atoms with Gasteiger partial charge in [-0.15, -0.1) is 0 Å². The second kappa shape index (κ2) is 6.33. The van der Waals surface area contributed by atoms with Gasteiger partial charge in [0.15, 0.2) is 0 Å². The summed E-state index contributed by atoms with van der Waals surface area (Å²) in [5, 5.41) is 1.22. The predicted octanol–water partition coefficient (Wildman–Crippen LogP) is 2.91. The summed E-state index contributed by atoms with van der Waals surface area (Å²) in [5.74, 6) is 0.